The molecule has 0 bridgehead atoms. The van der Waals surface area contributed by atoms with Crippen LogP contribution in [0.4, 0.5) is 0 Å². The Kier molecular flexibility index (Phi) is 5.70. The van der Waals surface area contributed by atoms with Crippen molar-refractivity contribution in [3.05, 3.63) is 150 Å². The number of rotatable bonds is 4. The van der Waals surface area contributed by atoms with Crippen molar-refractivity contribution in [2.24, 2.45) is 0 Å². The summed E-state index contributed by atoms with van der Waals surface area (Å²) in [7, 11) is 0. The Bertz CT molecular complexity index is 2130. The van der Waals surface area contributed by atoms with Crippen LogP contribution in [0.3, 0.4) is 0 Å². The lowest BCUT2D eigenvalue weighted by Crippen LogP contribution is -2.05. The number of hydrogen-bond donors (Lipinski definition) is 0. The van der Waals surface area contributed by atoms with Crippen LogP contribution in [0.1, 0.15) is 50.7 Å². The number of benzene rings is 4. The molecule has 0 fully saturated rings. The molecular weight excluding hydrogens is 492 g/mol. The normalized spacial score (nSPS) is 11.9. The van der Waals surface area contributed by atoms with E-state index >= 15 is 0 Å². The highest BCUT2D eigenvalue weighted by Crippen LogP contribution is 2.25. The molecule has 0 aliphatic heterocycles. The van der Waals surface area contributed by atoms with Gasteiger partial charge in [0.1, 0.15) is 21.4 Å². The number of hydrogen-bond acceptors (Lipinski definition) is 4. The van der Waals surface area contributed by atoms with Crippen LogP contribution in [0.5, 0.6) is 0 Å². The average molecular weight is 523 g/mol. The zero-order chi connectivity index (χ0) is 27.4. The molecular formula is C34H30N6. The third kappa shape index (κ3) is 3.63. The second kappa shape index (κ2) is 9.42. The Hall–Kier alpha value is -4.84. The maximum Gasteiger partial charge on any atom is 0.122 e. The highest BCUT2D eigenvalue weighted by Gasteiger charge is 2.16. The Morgan fingerprint density at radius 1 is 0.450 bits per heavy atom. The smallest absolute Gasteiger partial charge is 0.122 e. The van der Waals surface area contributed by atoms with Gasteiger partial charge in [-0.1, -0.05) is 123 Å². The SMILES string of the molecule is CC(C)c1ccccc1-n1nnc2c1=c1ccccc1=c1nnn(-c3ccccc3C(C)C)c1=c1ccccc1=2. The number of aromatic nitrogens is 6. The maximum atomic E-state index is 4.84. The maximum absolute atomic E-state index is 4.84. The molecule has 0 saturated carbocycles. The van der Waals surface area contributed by atoms with Crippen LogP contribution in [0.2, 0.25) is 0 Å². The fourth-order valence-corrected chi connectivity index (χ4v) is 5.88. The van der Waals surface area contributed by atoms with Crippen LogP contribution in [0.25, 0.3) is 11.4 Å². The van der Waals surface area contributed by atoms with Gasteiger partial charge in [0.25, 0.3) is 0 Å². The van der Waals surface area contributed by atoms with Crippen molar-refractivity contribution in [1.82, 2.24) is 30.0 Å². The summed E-state index contributed by atoms with van der Waals surface area (Å²) >= 11 is 0. The van der Waals surface area contributed by atoms with E-state index in [4.69, 9.17) is 20.6 Å². The van der Waals surface area contributed by atoms with Crippen molar-refractivity contribution in [3.63, 3.8) is 0 Å². The summed E-state index contributed by atoms with van der Waals surface area (Å²) in [5.41, 5.74) is 4.52. The van der Waals surface area contributed by atoms with E-state index in [9.17, 15) is 0 Å². The second-order valence-corrected chi connectivity index (χ2v) is 10.9. The highest BCUT2D eigenvalue weighted by molar-refractivity contribution is 5.44. The summed E-state index contributed by atoms with van der Waals surface area (Å²) in [5, 5.41) is 26.9. The van der Waals surface area contributed by atoms with E-state index in [-0.39, 0.29) is 0 Å². The zero-order valence-electron chi connectivity index (χ0n) is 23.1. The average Bonchev–Trinajstić information content (AvgIpc) is 3.61. The van der Waals surface area contributed by atoms with Crippen LogP contribution in [-0.4, -0.2) is 30.0 Å². The van der Waals surface area contributed by atoms with Gasteiger partial charge < -0.3 is 0 Å². The minimum atomic E-state index is 0.333. The first-order valence-corrected chi connectivity index (χ1v) is 13.8. The molecule has 6 heteroatoms. The number of nitrogens with zero attached hydrogens (tertiary/aromatic N) is 6. The standard InChI is InChI=1S/C34H30N6/c1-21(2)23-13-9-11-19-29(23)39-33-27-17-7-5-15-25(27)32-34(28-18-8-6-16-26(28)31(33)35-37-39)40(38-36-32)30-20-12-10-14-24(30)22(3)4/h5-22H,1-4H3. The lowest BCUT2D eigenvalue weighted by molar-refractivity contribution is 0.756. The largest absolute Gasteiger partial charge is 0.212 e. The highest BCUT2D eigenvalue weighted by atomic mass is 15.4. The lowest BCUT2D eigenvalue weighted by Gasteiger charge is -2.12. The Labute approximate surface area is 231 Å². The van der Waals surface area contributed by atoms with Gasteiger partial charge in [0.15, 0.2) is 0 Å². The molecule has 196 valence electrons. The van der Waals surface area contributed by atoms with Gasteiger partial charge in [0.2, 0.25) is 0 Å². The van der Waals surface area contributed by atoms with Gasteiger partial charge in [-0.3, -0.25) is 0 Å². The molecule has 1 aliphatic carbocycles. The summed E-state index contributed by atoms with van der Waals surface area (Å²) in [6, 6.07) is 33.7. The molecule has 0 saturated heterocycles. The quantitative estimate of drug-likeness (QED) is 0.263. The summed E-state index contributed by atoms with van der Waals surface area (Å²) in [6.45, 7) is 8.84. The molecule has 0 radical (unpaired) electrons. The molecule has 1 aliphatic rings. The molecule has 0 atom stereocenters. The molecule has 4 aromatic carbocycles. The predicted molar refractivity (Wildman–Crippen MR) is 154 cm³/mol. The van der Waals surface area contributed by atoms with E-state index < -0.39 is 0 Å². The Balaban J connectivity index is 1.80. The minimum absolute atomic E-state index is 0.333. The molecule has 0 N–H and O–H groups in total. The van der Waals surface area contributed by atoms with Crippen LogP contribution in [-0.2, 0) is 0 Å². The van der Waals surface area contributed by atoms with E-state index in [1.54, 1.807) is 0 Å². The van der Waals surface area contributed by atoms with Crippen molar-refractivity contribution in [2.45, 2.75) is 39.5 Å². The van der Waals surface area contributed by atoms with Gasteiger partial charge in [0, 0.05) is 20.9 Å². The van der Waals surface area contributed by atoms with Crippen molar-refractivity contribution in [2.75, 3.05) is 0 Å². The monoisotopic (exact) mass is 522 g/mol. The van der Waals surface area contributed by atoms with E-state index in [0.717, 1.165) is 53.6 Å². The molecule has 7 rings (SSSR count). The fourth-order valence-electron chi connectivity index (χ4n) is 5.88. The fraction of sp³-hybridized carbons (Fsp3) is 0.176. The van der Waals surface area contributed by atoms with Crippen molar-refractivity contribution in [3.8, 4) is 11.4 Å². The van der Waals surface area contributed by atoms with Gasteiger partial charge in [-0.25, -0.2) is 9.36 Å². The zero-order valence-corrected chi connectivity index (χ0v) is 23.1. The van der Waals surface area contributed by atoms with Gasteiger partial charge >= 0.3 is 0 Å². The number of para-hydroxylation sites is 2. The van der Waals surface area contributed by atoms with Crippen molar-refractivity contribution >= 4 is 0 Å². The summed E-state index contributed by atoms with van der Waals surface area (Å²) in [5.74, 6) is 0.666. The molecule has 6 aromatic rings. The van der Waals surface area contributed by atoms with Crippen molar-refractivity contribution in [1.29, 1.82) is 0 Å². The molecule has 6 nitrogen and oxygen atoms in total. The molecule has 2 heterocycles. The lowest BCUT2D eigenvalue weighted by atomic mass is 10.0. The van der Waals surface area contributed by atoms with Gasteiger partial charge in [-0.15, -0.1) is 10.2 Å². The summed E-state index contributed by atoms with van der Waals surface area (Å²) in [4.78, 5) is 0. The van der Waals surface area contributed by atoms with E-state index in [1.165, 1.54) is 11.1 Å². The van der Waals surface area contributed by atoms with E-state index in [1.807, 2.05) is 9.36 Å². The van der Waals surface area contributed by atoms with E-state index in [0.29, 0.717) is 11.8 Å². The number of fused-ring (bicyclic) bond motifs is 4. The van der Waals surface area contributed by atoms with Crippen LogP contribution < -0.4 is 0 Å². The third-order valence-corrected chi connectivity index (χ3v) is 7.79. The van der Waals surface area contributed by atoms with Crippen LogP contribution >= 0.6 is 0 Å². The molecule has 0 amide bonds. The topological polar surface area (TPSA) is 61.4 Å². The first-order chi connectivity index (χ1) is 19.5. The van der Waals surface area contributed by atoms with Gasteiger partial charge in [-0.05, 0) is 35.1 Å². The molecule has 40 heavy (non-hydrogen) atoms. The second-order valence-electron chi connectivity index (χ2n) is 10.9. The first kappa shape index (κ1) is 24.2. The Morgan fingerprint density at radius 2 is 0.800 bits per heavy atom. The van der Waals surface area contributed by atoms with Gasteiger partial charge in [0.05, 0.1) is 11.4 Å². The molecule has 2 aromatic heterocycles. The van der Waals surface area contributed by atoms with Crippen molar-refractivity contribution < 1.29 is 0 Å². The molecule has 0 spiro atoms. The Morgan fingerprint density at radius 3 is 1.20 bits per heavy atom. The molecule has 0 unspecified atom stereocenters. The summed E-state index contributed by atoms with van der Waals surface area (Å²) < 4.78 is 4.01. The third-order valence-electron chi connectivity index (χ3n) is 7.79. The predicted octanol–water partition coefficient (Wildman–Crippen LogP) is 6.56. The van der Waals surface area contributed by atoms with E-state index in [2.05, 4.69) is 125 Å². The van der Waals surface area contributed by atoms with Gasteiger partial charge in [-0.2, -0.15) is 0 Å². The van der Waals surface area contributed by atoms with Crippen LogP contribution in [0, 0.1) is 42.3 Å². The van der Waals surface area contributed by atoms with Crippen LogP contribution in [0.15, 0.2) is 97.1 Å². The first-order valence-electron chi connectivity index (χ1n) is 13.8. The minimum Gasteiger partial charge on any atom is -0.212 e. The summed E-state index contributed by atoms with van der Waals surface area (Å²) in [6.07, 6.45) is 0.